The lowest BCUT2D eigenvalue weighted by Crippen LogP contribution is -2.69. The number of fused-ring (bicyclic) bond motifs is 1. The van der Waals surface area contributed by atoms with Crippen molar-refractivity contribution < 1.29 is 14.4 Å². The summed E-state index contributed by atoms with van der Waals surface area (Å²) in [7, 11) is 0. The van der Waals surface area contributed by atoms with Crippen LogP contribution in [0.5, 0.6) is 0 Å². The molecule has 4 rings (SSSR count). The summed E-state index contributed by atoms with van der Waals surface area (Å²) in [6.07, 6.45) is 1.47. The highest BCUT2D eigenvalue weighted by Gasteiger charge is 2.56. The van der Waals surface area contributed by atoms with E-state index in [0.717, 1.165) is 22.0 Å². The predicted molar refractivity (Wildman–Crippen MR) is 152 cm³/mol. The molecule has 38 heavy (non-hydrogen) atoms. The number of hydrogen-bond acceptors (Lipinski definition) is 5. The zero-order valence-corrected chi connectivity index (χ0v) is 23.2. The Kier molecular flexibility index (Phi) is 9.02. The van der Waals surface area contributed by atoms with Crippen molar-refractivity contribution in [2.75, 3.05) is 13.1 Å². The van der Waals surface area contributed by atoms with Gasteiger partial charge in [0, 0.05) is 29.6 Å². The van der Waals surface area contributed by atoms with E-state index in [0.29, 0.717) is 19.5 Å². The van der Waals surface area contributed by atoms with Crippen LogP contribution in [-0.2, 0) is 19.8 Å². The van der Waals surface area contributed by atoms with Gasteiger partial charge in [-0.05, 0) is 50.9 Å². The Morgan fingerprint density at radius 3 is 2.42 bits per heavy atom. The smallest absolute Gasteiger partial charge is 0.240 e. The third kappa shape index (κ3) is 5.34. The minimum absolute atomic E-state index is 0. The van der Waals surface area contributed by atoms with E-state index in [-0.39, 0.29) is 24.1 Å². The van der Waals surface area contributed by atoms with E-state index in [9.17, 15) is 14.4 Å². The number of benzene rings is 2. The van der Waals surface area contributed by atoms with Crippen molar-refractivity contribution in [2.45, 2.75) is 57.2 Å². The second-order valence-electron chi connectivity index (χ2n) is 10.5. The van der Waals surface area contributed by atoms with Crippen LogP contribution in [0.3, 0.4) is 0 Å². The zero-order chi connectivity index (χ0) is 26.8. The van der Waals surface area contributed by atoms with E-state index >= 15 is 0 Å². The number of halogens is 1. The summed E-state index contributed by atoms with van der Waals surface area (Å²) >= 11 is 0. The number of para-hydroxylation sites is 1. The summed E-state index contributed by atoms with van der Waals surface area (Å²) in [6, 6.07) is 17.2. The molecule has 0 bridgehead atoms. The number of nitrogens with one attached hydrogen (secondary N) is 4. The van der Waals surface area contributed by atoms with Gasteiger partial charge in [-0.15, -0.1) is 12.4 Å². The lowest BCUT2D eigenvalue weighted by Gasteiger charge is -2.48. The molecule has 1 fully saturated rings. The summed E-state index contributed by atoms with van der Waals surface area (Å²) in [6.45, 7) is 7.82. The summed E-state index contributed by atoms with van der Waals surface area (Å²) in [5, 5.41) is 10.2. The number of amides is 2. The first kappa shape index (κ1) is 29.4. The average Bonchev–Trinajstić information content (AvgIpc) is 3.32. The van der Waals surface area contributed by atoms with Gasteiger partial charge >= 0.3 is 0 Å². The number of ketones is 1. The van der Waals surface area contributed by atoms with Gasteiger partial charge in [0.05, 0.1) is 23.0 Å². The summed E-state index contributed by atoms with van der Waals surface area (Å²) in [5.74, 6) is -2.18. The Morgan fingerprint density at radius 1 is 1.11 bits per heavy atom. The summed E-state index contributed by atoms with van der Waals surface area (Å²) < 4.78 is 0. The molecule has 9 heteroatoms. The fourth-order valence-corrected chi connectivity index (χ4v) is 5.49. The van der Waals surface area contributed by atoms with Crippen LogP contribution in [0.4, 0.5) is 0 Å². The van der Waals surface area contributed by atoms with Gasteiger partial charge in [0.25, 0.3) is 0 Å². The molecule has 2 heterocycles. The number of nitrogens with two attached hydrogens (primary N) is 1. The van der Waals surface area contributed by atoms with Gasteiger partial charge in [-0.25, -0.2) is 0 Å². The Hall–Kier alpha value is -3.20. The Morgan fingerprint density at radius 2 is 1.76 bits per heavy atom. The summed E-state index contributed by atoms with van der Waals surface area (Å²) in [4.78, 5) is 44.8. The predicted octanol–water partition coefficient (Wildman–Crippen LogP) is 3.13. The molecule has 3 aromatic rings. The molecule has 6 N–H and O–H groups in total. The van der Waals surface area contributed by atoms with Crippen LogP contribution in [0.2, 0.25) is 0 Å². The van der Waals surface area contributed by atoms with E-state index in [1.165, 1.54) is 0 Å². The molecule has 1 aliphatic rings. The van der Waals surface area contributed by atoms with Crippen molar-refractivity contribution >= 4 is 40.9 Å². The second-order valence-corrected chi connectivity index (χ2v) is 10.5. The SMILES string of the molecule is CCNC(=O)C1(c2ccccc2)CCNC(NC(=O)C(C)(C)N)C1C(=O)C(C)c1c[nH]c2ccccc12.Cl. The lowest BCUT2D eigenvalue weighted by molar-refractivity contribution is -0.142. The van der Waals surface area contributed by atoms with Gasteiger partial charge in [0.2, 0.25) is 11.8 Å². The molecule has 0 aliphatic carbocycles. The van der Waals surface area contributed by atoms with Crippen LogP contribution < -0.4 is 21.7 Å². The van der Waals surface area contributed by atoms with Crippen molar-refractivity contribution in [3.05, 3.63) is 71.9 Å². The van der Waals surface area contributed by atoms with Gasteiger partial charge < -0.3 is 21.4 Å². The van der Waals surface area contributed by atoms with Crippen LogP contribution in [0.15, 0.2) is 60.8 Å². The molecule has 204 valence electrons. The minimum Gasteiger partial charge on any atom is -0.361 e. The number of likely N-dealkylation sites (N-methyl/N-ethyl adjacent to an activating group) is 1. The third-order valence-corrected chi connectivity index (χ3v) is 7.47. The normalized spacial score (nSPS) is 22.2. The number of carbonyl (C=O) groups is 3. The highest BCUT2D eigenvalue weighted by atomic mass is 35.5. The van der Waals surface area contributed by atoms with E-state index in [4.69, 9.17) is 5.73 Å². The molecular formula is C29H38ClN5O3. The van der Waals surface area contributed by atoms with Crippen molar-refractivity contribution in [3.63, 3.8) is 0 Å². The molecular weight excluding hydrogens is 502 g/mol. The van der Waals surface area contributed by atoms with Crippen molar-refractivity contribution in [3.8, 4) is 0 Å². The number of carbonyl (C=O) groups excluding carboxylic acids is 3. The maximum absolute atomic E-state index is 14.6. The number of aromatic nitrogens is 1. The molecule has 0 spiro atoms. The second kappa shape index (κ2) is 11.7. The van der Waals surface area contributed by atoms with Gasteiger partial charge in [0.15, 0.2) is 0 Å². The summed E-state index contributed by atoms with van der Waals surface area (Å²) in [5.41, 5.74) is 6.29. The van der Waals surface area contributed by atoms with Gasteiger partial charge in [-0.2, -0.15) is 0 Å². The van der Waals surface area contributed by atoms with Crippen LogP contribution in [0.1, 0.15) is 51.2 Å². The Bertz CT molecular complexity index is 1290. The standard InChI is InChI=1S/C29H37N5O3.ClH/c1-5-31-27(37)29(19-11-7-6-8-12-19)15-16-32-25(34-26(36)28(3,4)30)23(29)24(35)18(2)21-17-33-22-14-10-9-13-20(21)22;/h6-14,17-18,23,25,32-33H,5,15-16,30H2,1-4H3,(H,31,37)(H,34,36);1H. The van der Waals surface area contributed by atoms with Gasteiger partial charge in [0.1, 0.15) is 5.78 Å². The largest absolute Gasteiger partial charge is 0.361 e. The molecule has 1 aliphatic heterocycles. The molecule has 0 radical (unpaired) electrons. The van der Waals surface area contributed by atoms with Crippen LogP contribution in [0, 0.1) is 5.92 Å². The van der Waals surface area contributed by atoms with Gasteiger partial charge in [-0.1, -0.05) is 55.5 Å². The van der Waals surface area contributed by atoms with Crippen LogP contribution >= 0.6 is 12.4 Å². The van der Waals surface area contributed by atoms with Crippen LogP contribution in [-0.4, -0.2) is 47.4 Å². The fraction of sp³-hybridized carbons (Fsp3) is 0.414. The monoisotopic (exact) mass is 539 g/mol. The van der Waals surface area contributed by atoms with Crippen molar-refractivity contribution in [2.24, 2.45) is 11.7 Å². The molecule has 8 nitrogen and oxygen atoms in total. The highest BCUT2D eigenvalue weighted by Crippen LogP contribution is 2.43. The number of Topliss-reactive ketones (excluding diaryl/α,β-unsaturated/α-hetero) is 1. The minimum atomic E-state index is -1.18. The third-order valence-electron chi connectivity index (χ3n) is 7.47. The lowest BCUT2D eigenvalue weighted by atomic mass is 9.61. The van der Waals surface area contributed by atoms with Crippen LogP contribution in [0.25, 0.3) is 10.9 Å². The highest BCUT2D eigenvalue weighted by molar-refractivity contribution is 6.01. The zero-order valence-electron chi connectivity index (χ0n) is 22.3. The molecule has 0 saturated carbocycles. The Balaban J connectivity index is 0.00000400. The molecule has 2 amide bonds. The van der Waals surface area contributed by atoms with E-state index in [2.05, 4.69) is 20.9 Å². The number of piperidine rings is 1. The quantitative estimate of drug-likeness (QED) is 0.300. The molecule has 2 aromatic carbocycles. The van der Waals surface area contributed by atoms with Crippen molar-refractivity contribution in [1.82, 2.24) is 20.9 Å². The maximum atomic E-state index is 14.6. The van der Waals surface area contributed by atoms with E-state index in [1.54, 1.807) is 13.8 Å². The average molecular weight is 540 g/mol. The first-order valence-electron chi connectivity index (χ1n) is 12.9. The molecule has 1 aromatic heterocycles. The molecule has 1 saturated heterocycles. The maximum Gasteiger partial charge on any atom is 0.240 e. The number of rotatable bonds is 8. The number of hydrogen-bond donors (Lipinski definition) is 5. The van der Waals surface area contributed by atoms with Crippen molar-refractivity contribution in [1.29, 1.82) is 0 Å². The Labute approximate surface area is 229 Å². The molecule has 4 atom stereocenters. The first-order chi connectivity index (χ1) is 17.6. The fourth-order valence-electron chi connectivity index (χ4n) is 5.49. The number of aromatic amines is 1. The number of H-pyrrole nitrogens is 1. The molecule has 4 unspecified atom stereocenters. The first-order valence-corrected chi connectivity index (χ1v) is 12.9. The topological polar surface area (TPSA) is 129 Å². The van der Waals surface area contributed by atoms with Gasteiger partial charge in [-0.3, -0.25) is 19.7 Å². The van der Waals surface area contributed by atoms with E-state index in [1.807, 2.05) is 74.6 Å². The van der Waals surface area contributed by atoms with E-state index < -0.39 is 34.9 Å².